The minimum absolute atomic E-state index is 0.0902. The van der Waals surface area contributed by atoms with Gasteiger partial charge in [-0.3, -0.25) is 0 Å². The van der Waals surface area contributed by atoms with Crippen LogP contribution in [0.2, 0.25) is 0 Å². The van der Waals surface area contributed by atoms with E-state index in [1.54, 1.807) is 6.07 Å². The zero-order valence-electron chi connectivity index (χ0n) is 18.3. The smallest absolute Gasteiger partial charge is 0.408 e. The van der Waals surface area contributed by atoms with E-state index in [1.807, 2.05) is 52.9 Å². The Bertz CT molecular complexity index is 1090. The zero-order chi connectivity index (χ0) is 22.8. The quantitative estimate of drug-likeness (QED) is 0.518. The molecule has 0 unspecified atom stereocenters. The molecule has 8 heteroatoms. The van der Waals surface area contributed by atoms with Crippen LogP contribution in [-0.4, -0.2) is 38.3 Å². The standard InChI is InChI=1S/C23H27N3O5/c1-22(2,3)31-21(29)26-23(4,5)11-15-13-25-19-16(15)7-6-8-17(19)30-18-10-9-14(12-24-18)20(27)28/h6-10,12-13,25H,11H2,1-5H3,(H,26,29)(H,27,28). The van der Waals surface area contributed by atoms with E-state index >= 15 is 0 Å². The number of benzene rings is 1. The fourth-order valence-corrected chi connectivity index (χ4v) is 3.20. The van der Waals surface area contributed by atoms with Crippen molar-refractivity contribution in [3.05, 3.63) is 53.9 Å². The maximum Gasteiger partial charge on any atom is 0.408 e. The molecule has 31 heavy (non-hydrogen) atoms. The first kappa shape index (κ1) is 22.1. The van der Waals surface area contributed by atoms with E-state index in [0.717, 1.165) is 16.5 Å². The van der Waals surface area contributed by atoms with Crippen molar-refractivity contribution in [3.8, 4) is 11.6 Å². The lowest BCUT2D eigenvalue weighted by Crippen LogP contribution is -2.47. The summed E-state index contributed by atoms with van der Waals surface area (Å²) in [5.41, 5.74) is 0.782. The fourth-order valence-electron chi connectivity index (χ4n) is 3.20. The second kappa shape index (κ2) is 8.29. The molecule has 8 nitrogen and oxygen atoms in total. The minimum Gasteiger partial charge on any atom is -0.478 e. The van der Waals surface area contributed by atoms with Crippen LogP contribution >= 0.6 is 0 Å². The van der Waals surface area contributed by atoms with Crippen LogP contribution in [0.15, 0.2) is 42.7 Å². The number of hydrogen-bond acceptors (Lipinski definition) is 5. The van der Waals surface area contributed by atoms with Crippen molar-refractivity contribution in [2.24, 2.45) is 0 Å². The number of nitrogens with zero attached hydrogens (tertiary/aromatic N) is 1. The van der Waals surface area contributed by atoms with Gasteiger partial charge in [-0.05, 0) is 58.7 Å². The summed E-state index contributed by atoms with van der Waals surface area (Å²) in [7, 11) is 0. The molecule has 0 aliphatic rings. The Labute approximate surface area is 180 Å². The predicted octanol–water partition coefficient (Wildman–Crippen LogP) is 4.90. The van der Waals surface area contributed by atoms with Gasteiger partial charge in [0, 0.05) is 29.4 Å². The van der Waals surface area contributed by atoms with E-state index in [-0.39, 0.29) is 5.56 Å². The Balaban J connectivity index is 1.78. The zero-order valence-corrected chi connectivity index (χ0v) is 18.3. The van der Waals surface area contributed by atoms with Gasteiger partial charge in [0.1, 0.15) is 5.60 Å². The van der Waals surface area contributed by atoms with Crippen LogP contribution in [-0.2, 0) is 11.2 Å². The summed E-state index contributed by atoms with van der Waals surface area (Å²) in [6.07, 6.45) is 3.25. The molecule has 0 saturated carbocycles. The number of ether oxygens (including phenoxy) is 2. The molecule has 1 amide bonds. The second-order valence-electron chi connectivity index (χ2n) is 8.97. The highest BCUT2D eigenvalue weighted by molar-refractivity contribution is 5.89. The highest BCUT2D eigenvalue weighted by atomic mass is 16.6. The average Bonchev–Trinajstić information content (AvgIpc) is 3.03. The molecular weight excluding hydrogens is 398 g/mol. The van der Waals surface area contributed by atoms with E-state index in [9.17, 15) is 9.59 Å². The molecule has 0 aliphatic heterocycles. The number of rotatable bonds is 6. The number of alkyl carbamates (subject to hydrolysis) is 1. The van der Waals surface area contributed by atoms with Crippen LogP contribution in [0.4, 0.5) is 4.79 Å². The largest absolute Gasteiger partial charge is 0.478 e. The van der Waals surface area contributed by atoms with Crippen LogP contribution < -0.4 is 10.1 Å². The third-order valence-corrected chi connectivity index (χ3v) is 4.43. The van der Waals surface area contributed by atoms with Crippen molar-refractivity contribution in [3.63, 3.8) is 0 Å². The predicted molar refractivity (Wildman–Crippen MR) is 117 cm³/mol. The number of carbonyl (C=O) groups excluding carboxylic acids is 1. The van der Waals surface area contributed by atoms with Crippen molar-refractivity contribution < 1.29 is 24.2 Å². The van der Waals surface area contributed by atoms with Crippen molar-refractivity contribution in [2.75, 3.05) is 0 Å². The third kappa shape index (κ3) is 5.75. The maximum atomic E-state index is 12.2. The monoisotopic (exact) mass is 425 g/mol. The van der Waals surface area contributed by atoms with Gasteiger partial charge in [-0.25, -0.2) is 14.6 Å². The van der Waals surface area contributed by atoms with Crippen LogP contribution in [0.3, 0.4) is 0 Å². The van der Waals surface area contributed by atoms with E-state index in [1.165, 1.54) is 18.3 Å². The molecule has 3 rings (SSSR count). The number of pyridine rings is 1. The first-order chi connectivity index (χ1) is 14.4. The molecule has 3 N–H and O–H groups in total. The van der Waals surface area contributed by atoms with Crippen molar-refractivity contribution >= 4 is 23.0 Å². The molecule has 0 spiro atoms. The number of carboxylic acids is 1. The molecule has 1 aromatic carbocycles. The molecule has 2 heterocycles. The number of aromatic nitrogens is 2. The molecule has 0 saturated heterocycles. The van der Waals surface area contributed by atoms with Gasteiger partial charge in [-0.1, -0.05) is 12.1 Å². The van der Waals surface area contributed by atoms with Crippen LogP contribution in [0, 0.1) is 0 Å². The average molecular weight is 425 g/mol. The summed E-state index contributed by atoms with van der Waals surface area (Å²) in [6.45, 7) is 9.34. The van der Waals surface area contributed by atoms with E-state index in [4.69, 9.17) is 14.6 Å². The van der Waals surface area contributed by atoms with Crippen molar-refractivity contribution in [1.29, 1.82) is 0 Å². The molecule has 0 aliphatic carbocycles. The summed E-state index contributed by atoms with van der Waals surface area (Å²) in [6, 6.07) is 8.60. The first-order valence-corrected chi connectivity index (χ1v) is 9.91. The minimum atomic E-state index is -1.04. The van der Waals surface area contributed by atoms with Gasteiger partial charge in [0.25, 0.3) is 0 Å². The highest BCUT2D eigenvalue weighted by Gasteiger charge is 2.26. The lowest BCUT2D eigenvalue weighted by atomic mass is 9.95. The molecule has 2 aromatic heterocycles. The summed E-state index contributed by atoms with van der Waals surface area (Å²) >= 11 is 0. The highest BCUT2D eigenvalue weighted by Crippen LogP contribution is 2.31. The number of H-pyrrole nitrogens is 1. The number of hydrogen-bond donors (Lipinski definition) is 3. The molecule has 0 bridgehead atoms. The second-order valence-corrected chi connectivity index (χ2v) is 8.97. The van der Waals surface area contributed by atoms with Crippen LogP contribution in [0.25, 0.3) is 10.9 Å². The van der Waals surface area contributed by atoms with E-state index in [2.05, 4.69) is 15.3 Å². The molecule has 0 fully saturated rings. The number of aromatic amines is 1. The van der Waals surface area contributed by atoms with E-state index < -0.39 is 23.2 Å². The Morgan fingerprint density at radius 3 is 2.48 bits per heavy atom. The number of carbonyl (C=O) groups is 2. The van der Waals surface area contributed by atoms with Crippen LogP contribution in [0.5, 0.6) is 11.6 Å². The third-order valence-electron chi connectivity index (χ3n) is 4.43. The Morgan fingerprint density at radius 1 is 1.13 bits per heavy atom. The molecular formula is C23H27N3O5. The van der Waals surface area contributed by atoms with Gasteiger partial charge in [-0.15, -0.1) is 0 Å². The van der Waals surface area contributed by atoms with Gasteiger partial charge in [-0.2, -0.15) is 0 Å². The lowest BCUT2D eigenvalue weighted by Gasteiger charge is -2.28. The normalized spacial score (nSPS) is 11.9. The van der Waals surface area contributed by atoms with E-state index in [0.29, 0.717) is 18.1 Å². The van der Waals surface area contributed by atoms with Gasteiger partial charge in [0.2, 0.25) is 5.88 Å². The van der Waals surface area contributed by atoms with Gasteiger partial charge in [0.05, 0.1) is 11.1 Å². The first-order valence-electron chi connectivity index (χ1n) is 9.91. The number of nitrogens with one attached hydrogen (secondary N) is 2. The maximum absolute atomic E-state index is 12.2. The van der Waals surface area contributed by atoms with Gasteiger partial charge >= 0.3 is 12.1 Å². The summed E-state index contributed by atoms with van der Waals surface area (Å²) in [5, 5.41) is 12.9. The molecule has 3 aromatic rings. The fraction of sp³-hybridized carbons (Fsp3) is 0.348. The molecule has 0 radical (unpaired) electrons. The Morgan fingerprint density at radius 2 is 1.87 bits per heavy atom. The number of aromatic carboxylic acids is 1. The van der Waals surface area contributed by atoms with Gasteiger partial charge < -0.3 is 24.9 Å². The lowest BCUT2D eigenvalue weighted by molar-refractivity contribution is 0.0472. The van der Waals surface area contributed by atoms with Crippen LogP contribution in [0.1, 0.15) is 50.5 Å². The Kier molecular flexibility index (Phi) is 5.92. The number of para-hydroxylation sites is 1. The summed E-state index contributed by atoms with van der Waals surface area (Å²) in [4.78, 5) is 30.4. The number of carboxylic acid groups (broad SMARTS) is 1. The van der Waals surface area contributed by atoms with Crippen molar-refractivity contribution in [1.82, 2.24) is 15.3 Å². The van der Waals surface area contributed by atoms with Gasteiger partial charge in [0.15, 0.2) is 5.75 Å². The topological polar surface area (TPSA) is 114 Å². The molecule has 0 atom stereocenters. The SMILES string of the molecule is CC(C)(Cc1c[nH]c2c(Oc3ccc(C(=O)O)cn3)cccc12)NC(=O)OC(C)(C)C. The number of amides is 1. The number of fused-ring (bicyclic) bond motifs is 1. The molecule has 164 valence electrons. The summed E-state index contributed by atoms with van der Waals surface area (Å²) in [5.74, 6) is -0.185. The van der Waals surface area contributed by atoms with Crippen molar-refractivity contribution in [2.45, 2.75) is 52.2 Å². The summed E-state index contributed by atoms with van der Waals surface area (Å²) < 4.78 is 11.2. The Hall–Kier alpha value is -3.55.